The third-order valence-electron chi connectivity index (χ3n) is 4.47. The maximum atomic E-state index is 9.45. The van der Waals surface area contributed by atoms with Gasteiger partial charge in [0.15, 0.2) is 0 Å². The first-order valence-electron chi connectivity index (χ1n) is 8.36. The van der Waals surface area contributed by atoms with E-state index >= 15 is 0 Å². The molecule has 0 aliphatic carbocycles. The molecular weight excluding hydrogens is 250 g/mol. The molecule has 0 saturated carbocycles. The summed E-state index contributed by atoms with van der Waals surface area (Å²) in [5.41, 5.74) is -0.0944. The van der Waals surface area contributed by atoms with Crippen molar-refractivity contribution in [3.05, 3.63) is 0 Å². The quantitative estimate of drug-likeness (QED) is 0.565. The molecule has 1 saturated heterocycles. The minimum Gasteiger partial charge on any atom is -0.394 e. The Morgan fingerprint density at radius 3 is 2.50 bits per heavy atom. The molecule has 120 valence electrons. The molecule has 0 aromatic carbocycles. The van der Waals surface area contributed by atoms with Crippen LogP contribution in [0.3, 0.4) is 0 Å². The summed E-state index contributed by atoms with van der Waals surface area (Å²) in [5, 5.41) is 12.8. The number of aliphatic hydroxyl groups excluding tert-OH is 1. The summed E-state index contributed by atoms with van der Waals surface area (Å²) in [5.74, 6) is 0. The first-order valence-corrected chi connectivity index (χ1v) is 8.36. The minimum absolute atomic E-state index is 0.0944. The number of hydrogen-bond donors (Lipinski definition) is 2. The Hall–Kier alpha value is -0.160. The van der Waals surface area contributed by atoms with E-state index < -0.39 is 0 Å². The molecule has 2 N–H and O–H groups in total. The van der Waals surface area contributed by atoms with Crippen LogP contribution >= 0.6 is 0 Å². The topological polar surface area (TPSA) is 38.7 Å². The molecule has 20 heavy (non-hydrogen) atoms. The first kappa shape index (κ1) is 17.9. The number of likely N-dealkylation sites (N-methyl/N-ethyl adjacent to an activating group) is 2. The highest BCUT2D eigenvalue weighted by molar-refractivity contribution is 4.81. The van der Waals surface area contributed by atoms with E-state index in [1.165, 1.54) is 58.4 Å². The smallest absolute Gasteiger partial charge is 0.0610 e. The van der Waals surface area contributed by atoms with Crippen LogP contribution in [0.5, 0.6) is 0 Å². The zero-order chi connectivity index (χ0) is 14.8. The maximum Gasteiger partial charge on any atom is 0.0610 e. The van der Waals surface area contributed by atoms with Crippen molar-refractivity contribution in [1.82, 2.24) is 15.1 Å². The van der Waals surface area contributed by atoms with Gasteiger partial charge >= 0.3 is 0 Å². The van der Waals surface area contributed by atoms with Crippen molar-refractivity contribution < 1.29 is 5.11 Å². The van der Waals surface area contributed by atoms with Crippen molar-refractivity contribution in [2.75, 3.05) is 52.9 Å². The molecule has 1 rings (SSSR count). The van der Waals surface area contributed by atoms with E-state index in [4.69, 9.17) is 0 Å². The number of unbranched alkanes of at least 4 members (excludes halogenated alkanes) is 1. The minimum atomic E-state index is -0.0944. The van der Waals surface area contributed by atoms with E-state index in [1.807, 2.05) is 0 Å². The number of nitrogens with zero attached hydrogens (tertiary/aromatic N) is 2. The van der Waals surface area contributed by atoms with Gasteiger partial charge in [0, 0.05) is 18.6 Å². The summed E-state index contributed by atoms with van der Waals surface area (Å²) in [7, 11) is 2.23. The highest BCUT2D eigenvalue weighted by Crippen LogP contribution is 2.13. The lowest BCUT2D eigenvalue weighted by atomic mass is 9.95. The second-order valence-electron chi connectivity index (χ2n) is 6.56. The van der Waals surface area contributed by atoms with E-state index in [-0.39, 0.29) is 12.1 Å². The third-order valence-corrected chi connectivity index (χ3v) is 4.47. The van der Waals surface area contributed by atoms with Crippen LogP contribution in [0.25, 0.3) is 0 Å². The van der Waals surface area contributed by atoms with Gasteiger partial charge in [-0.05, 0) is 65.8 Å². The van der Waals surface area contributed by atoms with Crippen LogP contribution in [0.2, 0.25) is 0 Å². The molecule has 4 heteroatoms. The van der Waals surface area contributed by atoms with Crippen molar-refractivity contribution in [3.8, 4) is 0 Å². The summed E-state index contributed by atoms with van der Waals surface area (Å²) < 4.78 is 0. The molecular formula is C16H35N3O. The monoisotopic (exact) mass is 285 g/mol. The van der Waals surface area contributed by atoms with Crippen molar-refractivity contribution in [2.24, 2.45) is 0 Å². The van der Waals surface area contributed by atoms with Crippen LogP contribution in [0.4, 0.5) is 0 Å². The number of rotatable bonds is 11. The van der Waals surface area contributed by atoms with Crippen molar-refractivity contribution in [3.63, 3.8) is 0 Å². The molecule has 0 radical (unpaired) electrons. The Kier molecular flexibility index (Phi) is 8.69. The Morgan fingerprint density at radius 2 is 1.90 bits per heavy atom. The van der Waals surface area contributed by atoms with Gasteiger partial charge in [0.2, 0.25) is 0 Å². The fourth-order valence-electron chi connectivity index (χ4n) is 2.98. The van der Waals surface area contributed by atoms with E-state index in [9.17, 15) is 5.11 Å². The van der Waals surface area contributed by atoms with Gasteiger partial charge in [-0.3, -0.25) is 0 Å². The lowest BCUT2D eigenvalue weighted by Crippen LogP contribution is -2.45. The molecule has 0 aromatic rings. The van der Waals surface area contributed by atoms with Gasteiger partial charge in [-0.2, -0.15) is 0 Å². The number of likely N-dealkylation sites (tertiary alicyclic amines) is 1. The predicted octanol–water partition coefficient (Wildman–Crippen LogP) is 1.54. The van der Waals surface area contributed by atoms with Gasteiger partial charge < -0.3 is 20.2 Å². The summed E-state index contributed by atoms with van der Waals surface area (Å²) in [6.45, 7) is 11.5. The molecule has 0 aromatic heterocycles. The molecule has 4 nitrogen and oxygen atoms in total. The standard InChI is InChI=1S/C16H35N3O/c1-4-17-16(2,15-20)9-5-6-10-18(3)13-14-19-11-7-8-12-19/h17,20H,4-15H2,1-3H3. The Balaban J connectivity index is 2.04. The summed E-state index contributed by atoms with van der Waals surface area (Å²) in [6.07, 6.45) is 6.22. The second kappa shape index (κ2) is 9.72. The van der Waals surface area contributed by atoms with Crippen LogP contribution in [0.1, 0.15) is 46.0 Å². The fourth-order valence-corrected chi connectivity index (χ4v) is 2.98. The molecule has 1 aliphatic heterocycles. The van der Waals surface area contributed by atoms with Crippen LogP contribution < -0.4 is 5.32 Å². The lowest BCUT2D eigenvalue weighted by molar-refractivity contribution is 0.163. The molecule has 1 heterocycles. The van der Waals surface area contributed by atoms with E-state index in [2.05, 4.69) is 36.0 Å². The van der Waals surface area contributed by atoms with E-state index in [0.29, 0.717) is 0 Å². The van der Waals surface area contributed by atoms with Crippen molar-refractivity contribution in [1.29, 1.82) is 0 Å². The van der Waals surface area contributed by atoms with Gasteiger partial charge in [-0.1, -0.05) is 13.3 Å². The molecule has 0 amide bonds. The van der Waals surface area contributed by atoms with Gasteiger partial charge in [-0.15, -0.1) is 0 Å². The third kappa shape index (κ3) is 7.02. The normalized spacial score (nSPS) is 19.6. The molecule has 1 fully saturated rings. The number of hydrogen-bond acceptors (Lipinski definition) is 4. The number of nitrogens with one attached hydrogen (secondary N) is 1. The Morgan fingerprint density at radius 1 is 1.20 bits per heavy atom. The van der Waals surface area contributed by atoms with Crippen LogP contribution in [0, 0.1) is 0 Å². The molecule has 0 spiro atoms. The van der Waals surface area contributed by atoms with Crippen LogP contribution in [0.15, 0.2) is 0 Å². The van der Waals surface area contributed by atoms with Crippen molar-refractivity contribution in [2.45, 2.75) is 51.5 Å². The summed E-state index contributed by atoms with van der Waals surface area (Å²) in [4.78, 5) is 5.02. The molecule has 1 atom stereocenters. The van der Waals surface area contributed by atoms with Crippen LogP contribution in [-0.2, 0) is 0 Å². The van der Waals surface area contributed by atoms with Gasteiger partial charge in [0.1, 0.15) is 0 Å². The van der Waals surface area contributed by atoms with Gasteiger partial charge in [0.25, 0.3) is 0 Å². The average molecular weight is 285 g/mol. The first-order chi connectivity index (χ1) is 9.59. The number of aliphatic hydroxyl groups is 1. The average Bonchev–Trinajstić information content (AvgIpc) is 2.95. The van der Waals surface area contributed by atoms with E-state index in [0.717, 1.165) is 13.0 Å². The largest absolute Gasteiger partial charge is 0.394 e. The lowest BCUT2D eigenvalue weighted by Gasteiger charge is -2.28. The second-order valence-corrected chi connectivity index (χ2v) is 6.56. The zero-order valence-electron chi connectivity index (χ0n) is 13.8. The highest BCUT2D eigenvalue weighted by atomic mass is 16.3. The fraction of sp³-hybridized carbons (Fsp3) is 1.00. The maximum absolute atomic E-state index is 9.45. The van der Waals surface area contributed by atoms with E-state index in [1.54, 1.807) is 0 Å². The van der Waals surface area contributed by atoms with Crippen LogP contribution in [-0.4, -0.2) is 73.4 Å². The zero-order valence-corrected chi connectivity index (χ0v) is 13.8. The SMILES string of the molecule is CCNC(C)(CO)CCCCN(C)CCN1CCCC1. The molecule has 1 aliphatic rings. The Bertz CT molecular complexity index is 244. The highest BCUT2D eigenvalue weighted by Gasteiger charge is 2.20. The summed E-state index contributed by atoms with van der Waals surface area (Å²) >= 11 is 0. The van der Waals surface area contributed by atoms with Crippen molar-refractivity contribution >= 4 is 0 Å². The summed E-state index contributed by atoms with van der Waals surface area (Å²) in [6, 6.07) is 0. The Labute approximate surface area is 125 Å². The molecule has 1 unspecified atom stereocenters. The molecule has 0 bridgehead atoms. The van der Waals surface area contributed by atoms with Gasteiger partial charge in [0.05, 0.1) is 6.61 Å². The van der Waals surface area contributed by atoms with Gasteiger partial charge in [-0.25, -0.2) is 0 Å². The predicted molar refractivity (Wildman–Crippen MR) is 86.2 cm³/mol.